The Morgan fingerprint density at radius 2 is 1.92 bits per heavy atom. The molecular weight excluding hydrogens is 508 g/mol. The number of likely N-dealkylation sites (N-methyl/N-ethyl adjacent to an activating group) is 1. The second-order valence-electron chi connectivity index (χ2n) is 9.42. The van der Waals surface area contributed by atoms with E-state index in [1.807, 2.05) is 6.07 Å². The van der Waals surface area contributed by atoms with Gasteiger partial charge in [-0.15, -0.1) is 16.4 Å². The maximum Gasteiger partial charge on any atom is 0.428 e. The van der Waals surface area contributed by atoms with Crippen LogP contribution in [0.15, 0.2) is 30.3 Å². The molecular formula is C26H34N6O5S. The molecule has 4 heterocycles. The number of anilines is 1. The number of rotatable bonds is 8. The third-order valence-electron chi connectivity index (χ3n) is 6.68. The Labute approximate surface area is 226 Å². The summed E-state index contributed by atoms with van der Waals surface area (Å²) in [5.74, 6) is 1.71. The highest BCUT2D eigenvalue weighted by atomic mass is 32.1. The number of ether oxygens (including phenoxy) is 2. The number of benzene rings is 1. The molecule has 0 bridgehead atoms. The number of carbonyl (C=O) groups is 1. The Morgan fingerprint density at radius 3 is 2.66 bits per heavy atom. The van der Waals surface area contributed by atoms with Gasteiger partial charge in [0.25, 0.3) is 0 Å². The standard InChI is InChI=1S/C26H34N6O5S/c1-29(10-13-35-2)26(34)37-32-8-6-30(7-9-32)18-21-17-22-23(38-21)25(31-11-14-36-15-12-31)28-24(27-22)19-4-3-5-20(33)16-19/h3-5,16-17,33H,6-15,18H2,1-2H3. The average molecular weight is 543 g/mol. The highest BCUT2D eigenvalue weighted by Crippen LogP contribution is 2.35. The molecule has 0 radical (unpaired) electrons. The normalized spacial score (nSPS) is 17.2. The van der Waals surface area contributed by atoms with Crippen LogP contribution in [-0.4, -0.2) is 116 Å². The second kappa shape index (κ2) is 12.2. The summed E-state index contributed by atoms with van der Waals surface area (Å²) in [6, 6.07) is 9.21. The summed E-state index contributed by atoms with van der Waals surface area (Å²) in [7, 11) is 3.32. The number of nitrogens with zero attached hydrogens (tertiary/aromatic N) is 6. The number of phenolic OH excluding ortho intramolecular Hbond substituents is 1. The number of phenols is 1. The molecule has 204 valence electrons. The van der Waals surface area contributed by atoms with Gasteiger partial charge in [-0.2, -0.15) is 0 Å². The van der Waals surface area contributed by atoms with Crippen molar-refractivity contribution in [3.63, 3.8) is 0 Å². The van der Waals surface area contributed by atoms with Gasteiger partial charge in [0.15, 0.2) is 11.6 Å². The molecule has 1 aromatic carbocycles. The molecule has 1 amide bonds. The molecule has 0 aliphatic carbocycles. The number of aromatic nitrogens is 2. The van der Waals surface area contributed by atoms with Crippen molar-refractivity contribution in [2.75, 3.05) is 84.7 Å². The number of aromatic hydroxyl groups is 1. The van der Waals surface area contributed by atoms with E-state index in [1.165, 1.54) is 9.78 Å². The number of hydroxylamine groups is 2. The molecule has 3 aromatic rings. The van der Waals surface area contributed by atoms with Gasteiger partial charge < -0.3 is 29.2 Å². The number of fused-ring (bicyclic) bond motifs is 1. The molecule has 5 rings (SSSR count). The zero-order chi connectivity index (χ0) is 26.5. The predicted octanol–water partition coefficient (Wildman–Crippen LogP) is 2.65. The first-order valence-electron chi connectivity index (χ1n) is 12.8. The largest absolute Gasteiger partial charge is 0.508 e. The Balaban J connectivity index is 1.29. The molecule has 2 aliphatic heterocycles. The maximum absolute atomic E-state index is 12.3. The maximum atomic E-state index is 12.3. The lowest BCUT2D eigenvalue weighted by molar-refractivity contribution is -0.133. The van der Waals surface area contributed by atoms with Crippen molar-refractivity contribution in [1.82, 2.24) is 24.8 Å². The first-order valence-corrected chi connectivity index (χ1v) is 13.6. The molecule has 0 saturated carbocycles. The van der Waals surface area contributed by atoms with E-state index in [0.717, 1.165) is 54.3 Å². The number of hydrogen-bond acceptors (Lipinski definition) is 11. The fraction of sp³-hybridized carbons (Fsp3) is 0.500. The van der Waals surface area contributed by atoms with Gasteiger partial charge in [0.1, 0.15) is 5.75 Å². The zero-order valence-corrected chi connectivity index (χ0v) is 22.7. The zero-order valence-electron chi connectivity index (χ0n) is 21.8. The Kier molecular flexibility index (Phi) is 8.55. The van der Waals surface area contributed by atoms with Crippen molar-refractivity contribution in [3.8, 4) is 17.1 Å². The van der Waals surface area contributed by atoms with Gasteiger partial charge in [-0.1, -0.05) is 12.1 Å². The van der Waals surface area contributed by atoms with Crippen LogP contribution in [0.5, 0.6) is 5.75 Å². The smallest absolute Gasteiger partial charge is 0.428 e. The Bertz CT molecular complexity index is 1240. The van der Waals surface area contributed by atoms with Gasteiger partial charge in [-0.05, 0) is 18.2 Å². The molecule has 2 aromatic heterocycles. The van der Waals surface area contributed by atoms with Gasteiger partial charge in [-0.3, -0.25) is 4.90 Å². The summed E-state index contributed by atoms with van der Waals surface area (Å²) in [4.78, 5) is 35.0. The van der Waals surface area contributed by atoms with Crippen LogP contribution < -0.4 is 4.90 Å². The van der Waals surface area contributed by atoms with Gasteiger partial charge in [0.2, 0.25) is 0 Å². The molecule has 2 saturated heterocycles. The van der Waals surface area contributed by atoms with Crippen LogP contribution in [-0.2, 0) is 20.9 Å². The minimum absolute atomic E-state index is 0.191. The first-order chi connectivity index (χ1) is 18.5. The molecule has 0 atom stereocenters. The monoisotopic (exact) mass is 542 g/mol. The van der Waals surface area contributed by atoms with Crippen LogP contribution in [0.4, 0.5) is 10.6 Å². The van der Waals surface area contributed by atoms with E-state index in [-0.39, 0.29) is 11.8 Å². The summed E-state index contributed by atoms with van der Waals surface area (Å²) in [5, 5.41) is 11.7. The molecule has 2 fully saturated rings. The number of hydrogen-bond donors (Lipinski definition) is 1. The van der Waals surface area contributed by atoms with Crippen LogP contribution in [0.2, 0.25) is 0 Å². The molecule has 0 unspecified atom stereocenters. The fourth-order valence-electron chi connectivity index (χ4n) is 4.50. The lowest BCUT2D eigenvalue weighted by Gasteiger charge is -2.33. The minimum Gasteiger partial charge on any atom is -0.508 e. The van der Waals surface area contributed by atoms with Gasteiger partial charge in [-0.25, -0.2) is 14.8 Å². The lowest BCUT2D eigenvalue weighted by Crippen LogP contribution is -2.48. The highest BCUT2D eigenvalue weighted by Gasteiger charge is 2.24. The quantitative estimate of drug-likeness (QED) is 0.457. The van der Waals surface area contributed by atoms with Crippen LogP contribution in [0.1, 0.15) is 4.88 Å². The summed E-state index contributed by atoms with van der Waals surface area (Å²) in [5.41, 5.74) is 1.69. The fourth-order valence-corrected chi connectivity index (χ4v) is 5.66. The van der Waals surface area contributed by atoms with Crippen LogP contribution in [0.25, 0.3) is 21.6 Å². The number of methoxy groups -OCH3 is 1. The first kappa shape index (κ1) is 26.6. The summed E-state index contributed by atoms with van der Waals surface area (Å²) in [6.07, 6.45) is -0.364. The van der Waals surface area contributed by atoms with Gasteiger partial charge in [0.05, 0.1) is 30.0 Å². The van der Waals surface area contributed by atoms with E-state index >= 15 is 0 Å². The third-order valence-corrected chi connectivity index (χ3v) is 7.79. The van der Waals surface area contributed by atoms with Crippen LogP contribution >= 0.6 is 11.3 Å². The number of thiophene rings is 1. The average Bonchev–Trinajstić information content (AvgIpc) is 3.35. The summed E-state index contributed by atoms with van der Waals surface area (Å²) >= 11 is 1.73. The van der Waals surface area contributed by atoms with Crippen LogP contribution in [0.3, 0.4) is 0 Å². The van der Waals surface area contributed by atoms with E-state index in [4.69, 9.17) is 24.3 Å². The van der Waals surface area contributed by atoms with Crippen molar-refractivity contribution < 1.29 is 24.2 Å². The number of amides is 1. The summed E-state index contributed by atoms with van der Waals surface area (Å²) < 4.78 is 11.7. The number of piperazine rings is 1. The van der Waals surface area contributed by atoms with E-state index in [9.17, 15) is 9.90 Å². The number of morpholine rings is 1. The van der Waals surface area contributed by atoms with Gasteiger partial charge in [0, 0.05) is 77.0 Å². The Hall–Kier alpha value is -3.03. The van der Waals surface area contributed by atoms with Crippen molar-refractivity contribution in [1.29, 1.82) is 0 Å². The third kappa shape index (κ3) is 6.33. The molecule has 0 spiro atoms. The molecule has 38 heavy (non-hydrogen) atoms. The van der Waals surface area contributed by atoms with E-state index in [1.54, 1.807) is 48.8 Å². The molecule has 1 N–H and O–H groups in total. The summed E-state index contributed by atoms with van der Waals surface area (Å²) in [6.45, 7) is 7.53. The van der Waals surface area contributed by atoms with Crippen molar-refractivity contribution in [2.45, 2.75) is 6.54 Å². The van der Waals surface area contributed by atoms with Crippen molar-refractivity contribution in [2.24, 2.45) is 0 Å². The molecule has 2 aliphatic rings. The van der Waals surface area contributed by atoms with E-state index in [0.29, 0.717) is 45.3 Å². The lowest BCUT2D eigenvalue weighted by atomic mass is 10.2. The second-order valence-corrected chi connectivity index (χ2v) is 10.6. The predicted molar refractivity (Wildman–Crippen MR) is 145 cm³/mol. The molecule has 11 nitrogen and oxygen atoms in total. The minimum atomic E-state index is -0.364. The van der Waals surface area contributed by atoms with Crippen molar-refractivity contribution >= 4 is 33.5 Å². The van der Waals surface area contributed by atoms with E-state index in [2.05, 4.69) is 15.9 Å². The number of carbonyl (C=O) groups excluding carboxylic acids is 1. The SMILES string of the molecule is COCCN(C)C(=O)ON1CCN(Cc2cc3nc(-c4cccc(O)c4)nc(N4CCOCC4)c3s2)CC1. The van der Waals surface area contributed by atoms with Crippen LogP contribution in [0, 0.1) is 0 Å². The molecule has 12 heteroatoms. The Morgan fingerprint density at radius 1 is 1.13 bits per heavy atom. The van der Waals surface area contributed by atoms with Gasteiger partial charge >= 0.3 is 6.09 Å². The topological polar surface area (TPSA) is 104 Å². The van der Waals surface area contributed by atoms with Crippen molar-refractivity contribution in [3.05, 3.63) is 35.2 Å². The van der Waals surface area contributed by atoms with E-state index < -0.39 is 0 Å². The highest BCUT2D eigenvalue weighted by molar-refractivity contribution is 7.19.